The van der Waals surface area contributed by atoms with Gasteiger partial charge in [0.1, 0.15) is 5.82 Å². The van der Waals surface area contributed by atoms with Crippen LogP contribution in [0, 0.1) is 0 Å². The van der Waals surface area contributed by atoms with Crippen LogP contribution in [0.5, 0.6) is 0 Å². The molecule has 3 aliphatic carbocycles. The zero-order valence-corrected chi connectivity index (χ0v) is 15.0. The van der Waals surface area contributed by atoms with Crippen LogP contribution in [-0.4, -0.2) is 39.0 Å². The van der Waals surface area contributed by atoms with Crippen molar-refractivity contribution in [2.75, 3.05) is 5.32 Å². The van der Waals surface area contributed by atoms with Crippen molar-refractivity contribution in [1.29, 1.82) is 0 Å². The minimum atomic E-state index is -2.68. The number of aliphatic hydroxyl groups is 1. The smallest absolute Gasteiger partial charge is 0.320 e. The third-order valence-electron chi connectivity index (χ3n) is 6.10. The predicted octanol–water partition coefficient (Wildman–Crippen LogP) is 3.24. The second-order valence-electron chi connectivity index (χ2n) is 8.12. The van der Waals surface area contributed by atoms with E-state index in [1.54, 1.807) is 11.7 Å². The van der Waals surface area contributed by atoms with E-state index >= 15 is 0 Å². The molecule has 144 valence electrons. The van der Waals surface area contributed by atoms with Crippen LogP contribution in [0.1, 0.15) is 74.5 Å². The molecule has 1 unspecified atom stereocenters. The van der Waals surface area contributed by atoms with Crippen LogP contribution in [0.15, 0.2) is 0 Å². The zero-order valence-electron chi connectivity index (χ0n) is 15.0. The molecule has 1 heterocycles. The first-order chi connectivity index (χ1) is 12.3. The van der Waals surface area contributed by atoms with Gasteiger partial charge in [-0.1, -0.05) is 6.42 Å². The average molecular weight is 368 g/mol. The van der Waals surface area contributed by atoms with Gasteiger partial charge in [-0.05, 0) is 38.0 Å². The molecule has 3 fully saturated rings. The number of urea groups is 1. The second kappa shape index (κ2) is 6.48. The molecule has 6 nitrogen and oxygen atoms in total. The van der Waals surface area contributed by atoms with Gasteiger partial charge in [0, 0.05) is 37.4 Å². The van der Waals surface area contributed by atoms with E-state index in [0.29, 0.717) is 31.0 Å². The summed E-state index contributed by atoms with van der Waals surface area (Å²) in [5, 5.41) is 19.8. The lowest BCUT2D eigenvalue weighted by molar-refractivity contribution is 0.00736. The molecule has 26 heavy (non-hydrogen) atoms. The summed E-state index contributed by atoms with van der Waals surface area (Å²) in [6.45, 7) is 0. The van der Waals surface area contributed by atoms with Gasteiger partial charge in [-0.15, -0.1) is 0 Å². The average Bonchev–Trinajstić information content (AvgIpc) is 2.96. The first-order valence-corrected chi connectivity index (χ1v) is 9.52. The maximum atomic E-state index is 13.3. The number of amides is 2. The first-order valence-electron chi connectivity index (χ1n) is 9.52. The van der Waals surface area contributed by atoms with Crippen molar-refractivity contribution in [1.82, 2.24) is 15.1 Å². The monoisotopic (exact) mass is 368 g/mol. The molecule has 2 amide bonds. The van der Waals surface area contributed by atoms with Gasteiger partial charge in [-0.3, -0.25) is 10.00 Å². The van der Waals surface area contributed by atoms with E-state index in [1.807, 2.05) is 0 Å². The quantitative estimate of drug-likeness (QED) is 0.763. The number of aryl methyl sites for hydroxylation is 1. The largest absolute Gasteiger partial charge is 0.393 e. The molecule has 3 saturated carbocycles. The fourth-order valence-electron chi connectivity index (χ4n) is 4.32. The van der Waals surface area contributed by atoms with Crippen LogP contribution in [-0.2, 0) is 7.05 Å². The maximum absolute atomic E-state index is 13.3. The lowest BCUT2D eigenvalue weighted by Gasteiger charge is -2.33. The Balaban J connectivity index is 1.49. The molecule has 0 saturated heterocycles. The second-order valence-corrected chi connectivity index (χ2v) is 8.12. The fraction of sp³-hybridized carbons (Fsp3) is 0.778. The molecule has 0 aromatic carbocycles. The first kappa shape index (κ1) is 17.7. The van der Waals surface area contributed by atoms with Gasteiger partial charge in [0.2, 0.25) is 5.92 Å². The highest BCUT2D eigenvalue weighted by Crippen LogP contribution is 2.47. The van der Waals surface area contributed by atoms with Gasteiger partial charge in [0.25, 0.3) is 0 Å². The third-order valence-corrected chi connectivity index (χ3v) is 6.10. The van der Waals surface area contributed by atoms with E-state index < -0.39 is 18.0 Å². The summed E-state index contributed by atoms with van der Waals surface area (Å²) in [6.07, 6.45) is 4.27. The number of hydrogen-bond donors (Lipinski definition) is 3. The van der Waals surface area contributed by atoms with Gasteiger partial charge in [-0.25, -0.2) is 13.6 Å². The molecule has 1 aromatic rings. The Morgan fingerprint density at radius 3 is 2.54 bits per heavy atom. The van der Waals surface area contributed by atoms with E-state index in [1.165, 1.54) is 0 Å². The van der Waals surface area contributed by atoms with Crippen molar-refractivity contribution in [3.63, 3.8) is 0 Å². The number of anilines is 1. The van der Waals surface area contributed by atoms with Gasteiger partial charge < -0.3 is 10.4 Å². The van der Waals surface area contributed by atoms with Crippen LogP contribution >= 0.6 is 0 Å². The Bertz CT molecular complexity index is 696. The van der Waals surface area contributed by atoms with E-state index in [0.717, 1.165) is 30.5 Å². The molecule has 0 bridgehead atoms. The number of carbonyl (C=O) groups excluding carboxylic acids is 1. The molecule has 0 radical (unpaired) electrons. The van der Waals surface area contributed by atoms with E-state index in [4.69, 9.17) is 0 Å². The van der Waals surface area contributed by atoms with Crippen LogP contribution < -0.4 is 10.6 Å². The normalized spacial score (nSPS) is 30.5. The van der Waals surface area contributed by atoms with Crippen molar-refractivity contribution in [3.05, 3.63) is 11.3 Å². The van der Waals surface area contributed by atoms with E-state index in [9.17, 15) is 18.7 Å². The summed E-state index contributed by atoms with van der Waals surface area (Å²) in [6, 6.07) is -0.942. The Labute approximate surface area is 151 Å². The van der Waals surface area contributed by atoms with Crippen LogP contribution in [0.2, 0.25) is 0 Å². The maximum Gasteiger partial charge on any atom is 0.320 e. The standard InChI is InChI=1S/C18H26F2N4O2/c1-24-16(22-17(26)21-12-5-6-18(19,20)9-12)14(10-3-2-4-10)15(23-24)11-7-13(25)8-11/h10-13,25H,2-9H2,1H3,(H2,21,22,26). The molecule has 4 rings (SSSR count). The molecule has 1 aromatic heterocycles. The highest BCUT2D eigenvalue weighted by atomic mass is 19.3. The molecule has 3 N–H and O–H groups in total. The third kappa shape index (κ3) is 3.31. The number of aliphatic hydroxyl groups excluding tert-OH is 1. The van der Waals surface area contributed by atoms with Crippen LogP contribution in [0.4, 0.5) is 19.4 Å². The predicted molar refractivity (Wildman–Crippen MR) is 92.5 cm³/mol. The lowest BCUT2D eigenvalue weighted by Crippen LogP contribution is -2.38. The molecule has 8 heteroatoms. The Kier molecular flexibility index (Phi) is 4.41. The minimum Gasteiger partial charge on any atom is -0.393 e. The summed E-state index contributed by atoms with van der Waals surface area (Å²) in [7, 11) is 1.79. The van der Waals surface area contributed by atoms with Crippen molar-refractivity contribution < 1.29 is 18.7 Å². The summed E-state index contributed by atoms with van der Waals surface area (Å²) < 4.78 is 28.3. The van der Waals surface area contributed by atoms with Gasteiger partial charge in [0.05, 0.1) is 11.8 Å². The molecule has 1 atom stereocenters. The highest BCUT2D eigenvalue weighted by molar-refractivity contribution is 5.89. The summed E-state index contributed by atoms with van der Waals surface area (Å²) in [5.74, 6) is -1.41. The van der Waals surface area contributed by atoms with Gasteiger partial charge in [0.15, 0.2) is 0 Å². The van der Waals surface area contributed by atoms with E-state index in [-0.39, 0.29) is 24.9 Å². The Hall–Kier alpha value is -1.70. The molecule has 0 spiro atoms. The van der Waals surface area contributed by atoms with Crippen LogP contribution in [0.3, 0.4) is 0 Å². The number of alkyl halides is 2. The summed E-state index contributed by atoms with van der Waals surface area (Å²) >= 11 is 0. The number of halogens is 2. The van der Waals surface area contributed by atoms with Crippen molar-refractivity contribution >= 4 is 11.8 Å². The molecular formula is C18H26F2N4O2. The number of aromatic nitrogens is 2. The van der Waals surface area contributed by atoms with Gasteiger partial charge >= 0.3 is 6.03 Å². The summed E-state index contributed by atoms with van der Waals surface area (Å²) in [5.41, 5.74) is 2.05. The summed E-state index contributed by atoms with van der Waals surface area (Å²) in [4.78, 5) is 12.4. The highest BCUT2D eigenvalue weighted by Gasteiger charge is 2.41. The van der Waals surface area contributed by atoms with Crippen molar-refractivity contribution in [2.24, 2.45) is 7.05 Å². The van der Waals surface area contributed by atoms with Crippen LogP contribution in [0.25, 0.3) is 0 Å². The number of carbonyl (C=O) groups is 1. The van der Waals surface area contributed by atoms with Crippen molar-refractivity contribution in [2.45, 2.75) is 81.3 Å². The van der Waals surface area contributed by atoms with Crippen molar-refractivity contribution in [3.8, 4) is 0 Å². The molecular weight excluding hydrogens is 342 g/mol. The van der Waals surface area contributed by atoms with E-state index in [2.05, 4.69) is 15.7 Å². The van der Waals surface area contributed by atoms with Gasteiger partial charge in [-0.2, -0.15) is 5.10 Å². The minimum absolute atomic E-state index is 0.175. The number of hydrogen-bond acceptors (Lipinski definition) is 3. The zero-order chi connectivity index (χ0) is 18.5. The Morgan fingerprint density at radius 1 is 1.27 bits per heavy atom. The SMILES string of the molecule is Cn1nc(C2CC(O)C2)c(C2CCC2)c1NC(=O)NC1CCC(F)(F)C1. The number of rotatable bonds is 4. The topological polar surface area (TPSA) is 79.2 Å². The number of nitrogens with zero attached hydrogens (tertiary/aromatic N) is 2. The molecule has 3 aliphatic rings. The lowest BCUT2D eigenvalue weighted by atomic mass is 9.73. The number of nitrogens with one attached hydrogen (secondary N) is 2. The fourth-order valence-corrected chi connectivity index (χ4v) is 4.32. The Morgan fingerprint density at radius 2 is 2.00 bits per heavy atom. The molecule has 0 aliphatic heterocycles.